The smallest absolute Gasteiger partial charge is 0.309 e. The Labute approximate surface area is 165 Å². The van der Waals surface area contributed by atoms with Gasteiger partial charge in [-0.1, -0.05) is 12.1 Å². The van der Waals surface area contributed by atoms with Crippen molar-refractivity contribution in [2.24, 2.45) is 10.9 Å². The van der Waals surface area contributed by atoms with Gasteiger partial charge in [-0.15, -0.1) is 0 Å². The highest BCUT2D eigenvalue weighted by atomic mass is 19.1. The van der Waals surface area contributed by atoms with Crippen LogP contribution in [0.3, 0.4) is 0 Å². The van der Waals surface area contributed by atoms with Gasteiger partial charge < -0.3 is 20.3 Å². The van der Waals surface area contributed by atoms with Crippen molar-refractivity contribution in [3.8, 4) is 0 Å². The molecule has 0 aromatic heterocycles. The molecule has 2 rings (SSSR count). The third kappa shape index (κ3) is 6.83. The summed E-state index contributed by atoms with van der Waals surface area (Å²) in [4.78, 5) is 30.2. The first-order chi connectivity index (χ1) is 13.5. The van der Waals surface area contributed by atoms with Crippen LogP contribution in [0.4, 0.5) is 4.39 Å². The van der Waals surface area contributed by atoms with Gasteiger partial charge in [0, 0.05) is 33.2 Å². The van der Waals surface area contributed by atoms with Crippen molar-refractivity contribution in [2.75, 3.05) is 39.8 Å². The third-order valence-electron chi connectivity index (χ3n) is 4.63. The fraction of sp³-hybridized carbons (Fsp3) is 0.550. The van der Waals surface area contributed by atoms with Crippen LogP contribution in [-0.2, 0) is 20.7 Å². The third-order valence-corrected chi connectivity index (χ3v) is 4.63. The van der Waals surface area contributed by atoms with Crippen molar-refractivity contribution in [3.63, 3.8) is 0 Å². The Balaban J connectivity index is 1.66. The number of likely N-dealkylation sites (tertiary alicyclic amines) is 1. The number of esters is 1. The number of ether oxygens (including phenoxy) is 1. The summed E-state index contributed by atoms with van der Waals surface area (Å²) < 4.78 is 18.0. The first kappa shape index (κ1) is 21.7. The number of guanidine groups is 1. The number of nitrogens with zero attached hydrogens (tertiary/aromatic N) is 2. The number of halogens is 1. The Morgan fingerprint density at radius 3 is 2.43 bits per heavy atom. The van der Waals surface area contributed by atoms with Gasteiger partial charge in [-0.05, 0) is 37.5 Å². The summed E-state index contributed by atoms with van der Waals surface area (Å²) in [6.45, 7) is 4.70. The summed E-state index contributed by atoms with van der Waals surface area (Å²) in [7, 11) is 1.72. The van der Waals surface area contributed by atoms with E-state index in [1.54, 1.807) is 19.2 Å². The maximum absolute atomic E-state index is 12.9. The van der Waals surface area contributed by atoms with Crippen molar-refractivity contribution in [2.45, 2.75) is 26.2 Å². The number of hydrogen-bond acceptors (Lipinski definition) is 4. The molecular formula is C20H29FN4O3. The molecule has 1 saturated heterocycles. The van der Waals surface area contributed by atoms with Crippen LogP contribution in [0.1, 0.15) is 25.3 Å². The molecule has 0 saturated carbocycles. The lowest BCUT2D eigenvalue weighted by Crippen LogP contribution is -2.48. The summed E-state index contributed by atoms with van der Waals surface area (Å²) in [5.41, 5.74) is 0.770. The van der Waals surface area contributed by atoms with Crippen LogP contribution < -0.4 is 10.6 Å². The molecule has 0 atom stereocenters. The lowest BCUT2D eigenvalue weighted by Gasteiger charge is -2.33. The standard InChI is InChI=1S/C20H29FN4O3/c1-3-28-19(27)16-8-12-25(13-9-16)20(22-2)24-11-10-23-18(26)14-15-4-6-17(21)7-5-15/h4-7,16H,3,8-14H2,1-2H3,(H,22,24)(H,23,26). The monoisotopic (exact) mass is 392 g/mol. The average molecular weight is 392 g/mol. The number of aliphatic imine (C=N–C) groups is 1. The number of piperidine rings is 1. The van der Waals surface area contributed by atoms with Gasteiger partial charge in [0.15, 0.2) is 5.96 Å². The van der Waals surface area contributed by atoms with E-state index in [9.17, 15) is 14.0 Å². The lowest BCUT2D eigenvalue weighted by molar-refractivity contribution is -0.149. The van der Waals surface area contributed by atoms with Gasteiger partial charge in [0.05, 0.1) is 18.9 Å². The molecule has 28 heavy (non-hydrogen) atoms. The fourth-order valence-electron chi connectivity index (χ4n) is 3.15. The molecule has 0 bridgehead atoms. The first-order valence-corrected chi connectivity index (χ1v) is 9.66. The van der Waals surface area contributed by atoms with Crippen molar-refractivity contribution in [1.82, 2.24) is 15.5 Å². The molecule has 0 aliphatic carbocycles. The minimum absolute atomic E-state index is 0.0416. The molecule has 1 aliphatic heterocycles. The maximum Gasteiger partial charge on any atom is 0.309 e. The molecule has 1 heterocycles. The van der Waals surface area contributed by atoms with Crippen molar-refractivity contribution < 1.29 is 18.7 Å². The number of hydrogen-bond donors (Lipinski definition) is 2. The molecular weight excluding hydrogens is 363 g/mol. The summed E-state index contributed by atoms with van der Waals surface area (Å²) >= 11 is 0. The van der Waals surface area contributed by atoms with E-state index < -0.39 is 0 Å². The molecule has 1 amide bonds. The normalized spacial score (nSPS) is 15.2. The number of benzene rings is 1. The molecule has 1 aromatic carbocycles. The van der Waals surface area contributed by atoms with Crippen LogP contribution >= 0.6 is 0 Å². The number of carbonyl (C=O) groups excluding carboxylic acids is 2. The van der Waals surface area contributed by atoms with E-state index in [2.05, 4.69) is 20.5 Å². The van der Waals surface area contributed by atoms with Crippen LogP contribution in [0, 0.1) is 11.7 Å². The second-order valence-electron chi connectivity index (χ2n) is 6.64. The topological polar surface area (TPSA) is 83.0 Å². The minimum Gasteiger partial charge on any atom is -0.466 e. The van der Waals surface area contributed by atoms with E-state index in [0.717, 1.165) is 37.5 Å². The van der Waals surface area contributed by atoms with Crippen molar-refractivity contribution in [3.05, 3.63) is 35.6 Å². The molecule has 0 radical (unpaired) electrons. The zero-order valence-corrected chi connectivity index (χ0v) is 16.5. The van der Waals surface area contributed by atoms with E-state index >= 15 is 0 Å². The Bertz CT molecular complexity index is 671. The largest absolute Gasteiger partial charge is 0.466 e. The molecule has 1 aliphatic rings. The fourth-order valence-corrected chi connectivity index (χ4v) is 3.15. The Morgan fingerprint density at radius 2 is 1.82 bits per heavy atom. The quantitative estimate of drug-likeness (QED) is 0.317. The van der Waals surface area contributed by atoms with Gasteiger partial charge in [-0.25, -0.2) is 4.39 Å². The van der Waals surface area contributed by atoms with E-state index in [4.69, 9.17) is 4.74 Å². The summed E-state index contributed by atoms with van der Waals surface area (Å²) in [6.07, 6.45) is 1.71. The number of carbonyl (C=O) groups is 2. The van der Waals surface area contributed by atoms with Crippen molar-refractivity contribution in [1.29, 1.82) is 0 Å². The van der Waals surface area contributed by atoms with Gasteiger partial charge in [-0.2, -0.15) is 0 Å². The number of nitrogens with one attached hydrogen (secondary N) is 2. The minimum atomic E-state index is -0.314. The Kier molecular flexibility index (Phi) is 8.71. The lowest BCUT2D eigenvalue weighted by atomic mass is 9.97. The molecule has 1 fully saturated rings. The molecule has 154 valence electrons. The van der Waals surface area contributed by atoms with Crippen LogP contribution in [0.15, 0.2) is 29.3 Å². The second-order valence-corrected chi connectivity index (χ2v) is 6.64. The highest BCUT2D eigenvalue weighted by Crippen LogP contribution is 2.18. The van der Waals surface area contributed by atoms with Gasteiger partial charge >= 0.3 is 5.97 Å². The van der Waals surface area contributed by atoms with E-state index in [1.165, 1.54) is 12.1 Å². The van der Waals surface area contributed by atoms with E-state index in [1.807, 2.05) is 6.92 Å². The summed E-state index contributed by atoms with van der Waals surface area (Å²) in [5, 5.41) is 6.06. The Hall–Kier alpha value is -2.64. The molecule has 8 heteroatoms. The number of amides is 1. The molecule has 0 unspecified atom stereocenters. The first-order valence-electron chi connectivity index (χ1n) is 9.66. The zero-order chi connectivity index (χ0) is 20.4. The maximum atomic E-state index is 12.9. The van der Waals surface area contributed by atoms with Crippen LogP contribution in [-0.4, -0.2) is 62.6 Å². The van der Waals surface area contributed by atoms with Gasteiger partial charge in [0.25, 0.3) is 0 Å². The average Bonchev–Trinajstić information content (AvgIpc) is 2.70. The van der Waals surface area contributed by atoms with E-state index in [0.29, 0.717) is 19.7 Å². The second kappa shape index (κ2) is 11.3. The summed E-state index contributed by atoms with van der Waals surface area (Å²) in [5.74, 6) is 0.175. The van der Waals surface area contributed by atoms with Crippen LogP contribution in [0.25, 0.3) is 0 Å². The number of rotatable bonds is 7. The zero-order valence-electron chi connectivity index (χ0n) is 16.5. The Morgan fingerprint density at radius 1 is 1.18 bits per heavy atom. The van der Waals surface area contributed by atoms with E-state index in [-0.39, 0.29) is 30.0 Å². The van der Waals surface area contributed by atoms with Crippen LogP contribution in [0.2, 0.25) is 0 Å². The molecule has 2 N–H and O–H groups in total. The molecule has 7 nitrogen and oxygen atoms in total. The van der Waals surface area contributed by atoms with Crippen molar-refractivity contribution >= 4 is 17.8 Å². The highest BCUT2D eigenvalue weighted by molar-refractivity contribution is 5.81. The predicted molar refractivity (Wildman–Crippen MR) is 105 cm³/mol. The summed E-state index contributed by atoms with van der Waals surface area (Å²) in [6, 6.07) is 5.91. The van der Waals surface area contributed by atoms with Gasteiger partial charge in [0.2, 0.25) is 5.91 Å². The van der Waals surface area contributed by atoms with Gasteiger partial charge in [-0.3, -0.25) is 14.6 Å². The highest BCUT2D eigenvalue weighted by Gasteiger charge is 2.27. The molecule has 0 spiro atoms. The SMILES string of the molecule is CCOC(=O)C1CCN(C(=NC)NCCNC(=O)Cc2ccc(F)cc2)CC1. The van der Waals surface area contributed by atoms with Gasteiger partial charge in [0.1, 0.15) is 5.82 Å². The predicted octanol–water partition coefficient (Wildman–Crippen LogP) is 1.33. The van der Waals surface area contributed by atoms with Crippen LogP contribution in [0.5, 0.6) is 0 Å². The molecule has 1 aromatic rings.